The lowest BCUT2D eigenvalue weighted by Gasteiger charge is -2.31. The molecule has 472 valence electrons. The Balaban J connectivity index is 0.861. The van der Waals surface area contributed by atoms with Crippen molar-refractivity contribution in [3.05, 3.63) is 89.5 Å². The maximum Gasteiger partial charge on any atom is 0.416 e. The van der Waals surface area contributed by atoms with Gasteiger partial charge in [0.1, 0.15) is 18.7 Å². The van der Waals surface area contributed by atoms with Crippen LogP contribution in [0.4, 0.5) is 26.7 Å². The Bertz CT molecular complexity index is 3210. The molecule has 0 radical (unpaired) electrons. The average Bonchev–Trinajstić information content (AvgIpc) is 2.06. The molecule has 88 heavy (non-hydrogen) atoms. The van der Waals surface area contributed by atoms with Crippen molar-refractivity contribution in [1.82, 2.24) is 30.7 Å². The molecule has 6 atom stereocenters. The van der Waals surface area contributed by atoms with Crippen molar-refractivity contribution in [1.29, 1.82) is 0 Å². The first-order valence-corrected chi connectivity index (χ1v) is 30.1. The number of rotatable bonds is 28. The standard InChI is InChI=1S/C62H78N10O15S/c1-35(2)54(68-52(73)15-9-7-10-21-69-53(74)30-51(88)60(69)80)56(76)67-43(14-13-20-64-61(63)81)55(75)66-39-18-16-38(17-19-39)34-87-62(82)72-45-29-50(48(84-6)27-42(45)58(78)71-33-37(4)25-46(71)59(72)79)86-23-12-8-11-22-85-49-28-44-41(26-47(49)83-5)57(77)70-32-36(3)24-40(70)31-65-44/h16-19,26-29,31,35,40,43,46,51,54,59,79,88H,3-4,7-15,20-25,30,32-34H2,1-2,5-6H3,(H,66,75)(H,67,76)(H,68,73)(H3,63,64,81)/t40-,43-,46-,51?,54-,59-/m0/s1. The first-order chi connectivity index (χ1) is 42.1. The van der Waals surface area contributed by atoms with Crippen molar-refractivity contribution in [2.45, 2.75) is 133 Å². The number of thiol groups is 1. The predicted octanol–water partition coefficient (Wildman–Crippen LogP) is 5.69. The summed E-state index contributed by atoms with van der Waals surface area (Å²) in [5, 5.41) is 22.1. The van der Waals surface area contributed by atoms with Crippen molar-refractivity contribution < 1.29 is 71.9 Å². The van der Waals surface area contributed by atoms with Gasteiger partial charge in [-0.3, -0.25) is 43.5 Å². The van der Waals surface area contributed by atoms with E-state index < -0.39 is 65.4 Å². The van der Waals surface area contributed by atoms with E-state index in [1.165, 1.54) is 36.2 Å². The molecule has 3 saturated heterocycles. The molecule has 25 nitrogen and oxygen atoms in total. The SMILES string of the molecule is C=C1C[C@H]2C=Nc3cc(OCCCCCOc4cc5c(cc4OC)C(=O)N4CC(=C)C[C@H]4[C@H](O)N5C(=O)OCc4ccc(NC(=O)[C@H](CCCNC(N)=O)NC(=O)[C@@H](NC(=O)CCCCCN5C(=O)CC(S)C5=O)C(C)C)cc4)c(OC)cc3C(=O)N2C1. The summed E-state index contributed by atoms with van der Waals surface area (Å²) in [6.07, 6.45) is 4.00. The molecule has 1 unspecified atom stereocenters. The van der Waals surface area contributed by atoms with Gasteiger partial charge in [-0.1, -0.05) is 56.7 Å². The lowest BCUT2D eigenvalue weighted by Crippen LogP contribution is -2.54. The van der Waals surface area contributed by atoms with Crippen LogP contribution in [0.25, 0.3) is 0 Å². The van der Waals surface area contributed by atoms with Crippen LogP contribution in [0, 0.1) is 5.92 Å². The molecular formula is C62H78N10O15S. The number of anilines is 2. The van der Waals surface area contributed by atoms with Crippen LogP contribution >= 0.6 is 12.6 Å². The second-order valence-corrected chi connectivity index (χ2v) is 23.3. The summed E-state index contributed by atoms with van der Waals surface area (Å²) < 4.78 is 29.5. The van der Waals surface area contributed by atoms with Gasteiger partial charge in [0, 0.05) is 63.1 Å². The van der Waals surface area contributed by atoms with Gasteiger partial charge in [-0.05, 0) is 93.5 Å². The van der Waals surface area contributed by atoms with E-state index >= 15 is 0 Å². The number of carbonyl (C=O) groups is 9. The number of nitrogens with one attached hydrogen (secondary N) is 4. The molecule has 5 heterocycles. The summed E-state index contributed by atoms with van der Waals surface area (Å²) in [5.41, 5.74) is 8.76. The van der Waals surface area contributed by atoms with Gasteiger partial charge in [-0.15, -0.1) is 0 Å². The van der Waals surface area contributed by atoms with E-state index in [1.54, 1.807) is 61.4 Å². The first kappa shape index (κ1) is 65.3. The molecule has 0 saturated carbocycles. The lowest BCUT2D eigenvalue weighted by atomic mass is 10.0. The molecule has 10 amide bonds. The second kappa shape index (κ2) is 29.8. The van der Waals surface area contributed by atoms with Crippen LogP contribution in [0.15, 0.2) is 77.8 Å². The van der Waals surface area contributed by atoms with E-state index in [4.69, 9.17) is 29.4 Å². The zero-order chi connectivity index (χ0) is 63.3. The van der Waals surface area contributed by atoms with Crippen LogP contribution in [0.5, 0.6) is 23.0 Å². The molecule has 0 aromatic heterocycles. The van der Waals surface area contributed by atoms with Crippen LogP contribution in [-0.4, -0.2) is 169 Å². The minimum Gasteiger partial charge on any atom is -0.493 e. The number of amides is 10. The number of hydrogen-bond acceptors (Lipinski definition) is 17. The number of nitrogens with two attached hydrogens (primary N) is 1. The quantitative estimate of drug-likeness (QED) is 0.0199. The normalized spacial score (nSPS) is 19.3. The smallest absolute Gasteiger partial charge is 0.416 e. The number of likely N-dealkylation sites (tertiary alicyclic amines) is 1. The molecule has 3 aromatic rings. The van der Waals surface area contributed by atoms with Crippen molar-refractivity contribution in [2.75, 3.05) is 63.8 Å². The van der Waals surface area contributed by atoms with Crippen molar-refractivity contribution >= 4 is 89.4 Å². The third-order valence-corrected chi connectivity index (χ3v) is 16.2. The number of aliphatic hydroxyl groups is 1. The van der Waals surface area contributed by atoms with Gasteiger partial charge in [0.15, 0.2) is 29.2 Å². The molecule has 5 aliphatic heterocycles. The van der Waals surface area contributed by atoms with E-state index in [1.807, 2.05) is 0 Å². The fourth-order valence-electron chi connectivity index (χ4n) is 11.1. The van der Waals surface area contributed by atoms with E-state index in [9.17, 15) is 48.3 Å². The highest BCUT2D eigenvalue weighted by atomic mass is 32.1. The van der Waals surface area contributed by atoms with Crippen LogP contribution in [0.2, 0.25) is 0 Å². The van der Waals surface area contributed by atoms with Crippen molar-refractivity contribution in [2.24, 2.45) is 16.6 Å². The van der Waals surface area contributed by atoms with E-state index in [2.05, 4.69) is 52.0 Å². The average molecular weight is 1240 g/mol. The maximum atomic E-state index is 14.3. The van der Waals surface area contributed by atoms with Gasteiger partial charge in [-0.25, -0.2) is 14.5 Å². The summed E-state index contributed by atoms with van der Waals surface area (Å²) in [7, 11) is 2.94. The minimum absolute atomic E-state index is 0.0397. The van der Waals surface area contributed by atoms with Gasteiger partial charge in [0.2, 0.25) is 29.5 Å². The van der Waals surface area contributed by atoms with E-state index in [0.717, 1.165) is 10.5 Å². The number of aliphatic imine (C=N–C) groups is 1. The van der Waals surface area contributed by atoms with Gasteiger partial charge in [-0.2, -0.15) is 12.6 Å². The van der Waals surface area contributed by atoms with Gasteiger partial charge < -0.3 is 65.6 Å². The summed E-state index contributed by atoms with van der Waals surface area (Å²) in [5.74, 6) is -1.85. The summed E-state index contributed by atoms with van der Waals surface area (Å²) in [6, 6.07) is 8.78. The number of unbranched alkanes of at least 4 members (excludes halogenated alkanes) is 4. The molecule has 0 spiro atoms. The molecule has 8 rings (SSSR count). The van der Waals surface area contributed by atoms with Gasteiger partial charge in [0.25, 0.3) is 11.8 Å². The van der Waals surface area contributed by atoms with E-state index in [0.29, 0.717) is 97.7 Å². The number of hydrogen-bond donors (Lipinski definition) is 7. The Morgan fingerprint density at radius 2 is 1.42 bits per heavy atom. The first-order valence-electron chi connectivity index (χ1n) is 29.5. The molecular weight excluding hydrogens is 1160 g/mol. The topological polar surface area (TPSA) is 319 Å². The minimum atomic E-state index is -1.56. The van der Waals surface area contributed by atoms with Crippen molar-refractivity contribution in [3.63, 3.8) is 0 Å². The number of ether oxygens (including phenoxy) is 5. The van der Waals surface area contributed by atoms with Crippen LogP contribution < -0.4 is 50.8 Å². The monoisotopic (exact) mass is 1230 g/mol. The molecule has 0 bridgehead atoms. The highest BCUT2D eigenvalue weighted by Crippen LogP contribution is 2.43. The third-order valence-electron chi connectivity index (χ3n) is 15.8. The Morgan fingerprint density at radius 3 is 2.08 bits per heavy atom. The highest BCUT2D eigenvalue weighted by molar-refractivity contribution is 7.81. The Labute approximate surface area is 516 Å². The van der Waals surface area contributed by atoms with Crippen LogP contribution in [-0.2, 0) is 35.3 Å². The summed E-state index contributed by atoms with van der Waals surface area (Å²) in [6.45, 7) is 12.8. The number of fused-ring (bicyclic) bond motifs is 4. The number of aliphatic hydroxyl groups excluding tert-OH is 1. The number of carbonyl (C=O) groups excluding carboxylic acids is 9. The highest BCUT2D eigenvalue weighted by Gasteiger charge is 2.47. The molecule has 26 heteroatoms. The number of primary amides is 1. The summed E-state index contributed by atoms with van der Waals surface area (Å²) >= 11 is 4.14. The van der Waals surface area contributed by atoms with Crippen molar-refractivity contribution in [3.8, 4) is 23.0 Å². The number of benzene rings is 3. The number of methoxy groups -OCH3 is 2. The zero-order valence-corrected chi connectivity index (χ0v) is 50.9. The predicted molar refractivity (Wildman–Crippen MR) is 328 cm³/mol. The lowest BCUT2D eigenvalue weighted by molar-refractivity contribution is -0.138. The maximum absolute atomic E-state index is 14.3. The Morgan fingerprint density at radius 1 is 0.773 bits per heavy atom. The Kier molecular flexibility index (Phi) is 22.1. The van der Waals surface area contributed by atoms with Crippen LogP contribution in [0.3, 0.4) is 0 Å². The molecule has 0 aliphatic carbocycles. The van der Waals surface area contributed by atoms with Gasteiger partial charge >= 0.3 is 12.1 Å². The molecule has 3 aromatic carbocycles. The largest absolute Gasteiger partial charge is 0.493 e. The molecule has 3 fully saturated rings. The molecule has 7 N–H and O–H groups in total. The van der Waals surface area contributed by atoms with E-state index in [-0.39, 0.29) is 117 Å². The van der Waals surface area contributed by atoms with Crippen LogP contribution in [0.1, 0.15) is 117 Å². The zero-order valence-electron chi connectivity index (χ0n) is 50.0. The molecule has 5 aliphatic rings. The summed E-state index contributed by atoms with van der Waals surface area (Å²) in [4.78, 5) is 128. The number of urea groups is 1. The number of imide groups is 1. The third kappa shape index (κ3) is 15.9. The fraction of sp³-hybridized carbons (Fsp3) is 0.484. The Hall–Kier alpha value is -8.65. The fourth-order valence-corrected chi connectivity index (χ4v) is 11.4. The number of nitrogens with zero attached hydrogens (tertiary/aromatic N) is 5. The van der Waals surface area contributed by atoms with Gasteiger partial charge in [0.05, 0.1) is 67.3 Å². The second-order valence-electron chi connectivity index (χ2n) is 22.7.